The minimum absolute atomic E-state index is 0.166. The second-order valence-electron chi connectivity index (χ2n) is 7.02. The van der Waals surface area contributed by atoms with Crippen LogP contribution >= 0.6 is 23.2 Å². The van der Waals surface area contributed by atoms with Gasteiger partial charge in [0, 0.05) is 32.4 Å². The van der Waals surface area contributed by atoms with Crippen molar-refractivity contribution in [3.8, 4) is 0 Å². The molecule has 0 radical (unpaired) electrons. The highest BCUT2D eigenvalue weighted by Crippen LogP contribution is 2.29. The number of nitrogens with one attached hydrogen (secondary N) is 1. The number of halogens is 2. The van der Waals surface area contributed by atoms with Crippen LogP contribution in [-0.2, 0) is 9.53 Å². The lowest BCUT2D eigenvalue weighted by atomic mass is 10.2. The number of H-pyrrole nitrogens is 1. The van der Waals surface area contributed by atoms with Gasteiger partial charge in [-0.3, -0.25) is 0 Å². The highest BCUT2D eigenvalue weighted by molar-refractivity contribution is 6.44. The summed E-state index contributed by atoms with van der Waals surface area (Å²) < 4.78 is 5.31. The van der Waals surface area contributed by atoms with Crippen LogP contribution in [-0.4, -0.2) is 52.9 Å². The van der Waals surface area contributed by atoms with Gasteiger partial charge in [0.25, 0.3) is 0 Å². The highest BCUT2D eigenvalue weighted by atomic mass is 35.5. The minimum Gasteiger partial charge on any atom is -0.402 e. The molecule has 2 aliphatic heterocycles. The summed E-state index contributed by atoms with van der Waals surface area (Å²) in [5.74, 6) is 0.528. The molecule has 152 valence electrons. The van der Waals surface area contributed by atoms with Gasteiger partial charge in [0.2, 0.25) is 11.8 Å². The van der Waals surface area contributed by atoms with Gasteiger partial charge in [0.15, 0.2) is 5.70 Å². The lowest BCUT2D eigenvalue weighted by Crippen LogP contribution is -2.44. The molecule has 2 aliphatic rings. The van der Waals surface area contributed by atoms with Crippen LogP contribution in [0.4, 0.5) is 5.95 Å². The molecular formula is C21H17Cl2N5O2. The third-order valence-electron chi connectivity index (χ3n) is 5.10. The van der Waals surface area contributed by atoms with E-state index in [1.165, 1.54) is 0 Å². The van der Waals surface area contributed by atoms with Crippen molar-refractivity contribution in [2.45, 2.75) is 0 Å². The lowest BCUT2D eigenvalue weighted by Gasteiger charge is -2.33. The summed E-state index contributed by atoms with van der Waals surface area (Å²) >= 11 is 12.3. The molecule has 0 amide bonds. The van der Waals surface area contributed by atoms with E-state index >= 15 is 0 Å². The van der Waals surface area contributed by atoms with E-state index in [0.29, 0.717) is 15.6 Å². The minimum atomic E-state index is -0.499. The van der Waals surface area contributed by atoms with E-state index in [1.54, 1.807) is 24.4 Å². The van der Waals surface area contributed by atoms with E-state index in [0.717, 1.165) is 43.2 Å². The number of ether oxygens (including phenoxy) is 1. The topological polar surface area (TPSA) is 73.8 Å². The Morgan fingerprint density at radius 2 is 1.83 bits per heavy atom. The van der Waals surface area contributed by atoms with Crippen LogP contribution in [0.3, 0.4) is 0 Å². The fourth-order valence-corrected chi connectivity index (χ4v) is 3.89. The summed E-state index contributed by atoms with van der Waals surface area (Å²) in [5, 5.41) is 0.693. The first kappa shape index (κ1) is 19.0. The maximum atomic E-state index is 12.3. The SMILES string of the molecule is O=C1OC(c2cccc(Cl)c2Cl)=NC1=CN1CCN(c2nc3ccccc3[nH]2)CC1. The molecule has 3 heterocycles. The number of hydrogen-bond donors (Lipinski definition) is 1. The molecule has 0 atom stereocenters. The van der Waals surface area contributed by atoms with Crippen LogP contribution in [0.15, 0.2) is 59.4 Å². The van der Waals surface area contributed by atoms with Crippen molar-refractivity contribution < 1.29 is 9.53 Å². The van der Waals surface area contributed by atoms with E-state index in [4.69, 9.17) is 27.9 Å². The van der Waals surface area contributed by atoms with Crippen molar-refractivity contribution >= 4 is 52.1 Å². The third-order valence-corrected chi connectivity index (χ3v) is 5.92. The van der Waals surface area contributed by atoms with Crippen molar-refractivity contribution in [1.29, 1.82) is 0 Å². The average Bonchev–Trinajstić information content (AvgIpc) is 3.34. The molecule has 7 nitrogen and oxygen atoms in total. The van der Waals surface area contributed by atoms with Gasteiger partial charge in [-0.25, -0.2) is 14.8 Å². The van der Waals surface area contributed by atoms with E-state index in [-0.39, 0.29) is 11.6 Å². The molecule has 0 spiro atoms. The van der Waals surface area contributed by atoms with Crippen molar-refractivity contribution in [3.63, 3.8) is 0 Å². The molecule has 30 heavy (non-hydrogen) atoms. The van der Waals surface area contributed by atoms with Gasteiger partial charge in [0.05, 0.1) is 26.6 Å². The zero-order valence-electron chi connectivity index (χ0n) is 15.8. The molecule has 9 heteroatoms. The van der Waals surface area contributed by atoms with Crippen molar-refractivity contribution in [1.82, 2.24) is 14.9 Å². The molecule has 0 unspecified atom stereocenters. The largest absolute Gasteiger partial charge is 0.402 e. The van der Waals surface area contributed by atoms with Gasteiger partial charge < -0.3 is 19.5 Å². The van der Waals surface area contributed by atoms with Crippen LogP contribution in [0.1, 0.15) is 5.56 Å². The Bertz CT molecular complexity index is 1160. The molecule has 1 saturated heterocycles. The second-order valence-corrected chi connectivity index (χ2v) is 7.81. The summed E-state index contributed by atoms with van der Waals surface area (Å²) in [6.07, 6.45) is 1.74. The molecular weight excluding hydrogens is 425 g/mol. The molecule has 0 bridgehead atoms. The smallest absolute Gasteiger partial charge is 0.365 e. The molecule has 1 fully saturated rings. The third kappa shape index (κ3) is 3.51. The number of para-hydroxylation sites is 2. The zero-order chi connectivity index (χ0) is 20.7. The number of cyclic esters (lactones) is 1. The number of nitrogens with zero attached hydrogens (tertiary/aromatic N) is 4. The molecule has 0 aliphatic carbocycles. The number of carbonyl (C=O) groups excluding carboxylic acids is 1. The van der Waals surface area contributed by atoms with Crippen LogP contribution < -0.4 is 4.90 Å². The number of anilines is 1. The number of piperazine rings is 1. The fraction of sp³-hybridized carbons (Fsp3) is 0.190. The van der Waals surface area contributed by atoms with Crippen molar-refractivity contribution in [2.24, 2.45) is 4.99 Å². The van der Waals surface area contributed by atoms with Crippen molar-refractivity contribution in [2.75, 3.05) is 31.1 Å². The standard InChI is InChI=1S/C21H17Cl2N5O2/c22-14-5-3-4-13(18(14)23)19-24-17(20(29)30-19)12-27-8-10-28(11-9-27)21-25-15-6-1-2-7-16(15)26-21/h1-7,12H,8-11H2,(H,25,26). The van der Waals surface area contributed by atoms with Crippen LogP contribution in [0.5, 0.6) is 0 Å². The van der Waals surface area contributed by atoms with Gasteiger partial charge in [-0.05, 0) is 24.3 Å². The Kier molecular flexibility index (Phi) is 4.84. The Morgan fingerprint density at radius 3 is 2.63 bits per heavy atom. The number of aliphatic imine (C=N–C) groups is 1. The summed E-state index contributed by atoms with van der Waals surface area (Å²) in [4.78, 5) is 28.9. The van der Waals surface area contributed by atoms with Gasteiger partial charge in [-0.1, -0.05) is 41.4 Å². The number of benzene rings is 2. The molecule has 3 aromatic rings. The Labute approximate surface area is 182 Å². The molecule has 2 aromatic carbocycles. The Morgan fingerprint density at radius 1 is 1.03 bits per heavy atom. The summed E-state index contributed by atoms with van der Waals surface area (Å²) in [5.41, 5.74) is 2.72. The van der Waals surface area contributed by atoms with Gasteiger partial charge in [-0.2, -0.15) is 0 Å². The molecule has 1 N–H and O–H groups in total. The number of aromatic nitrogens is 2. The number of fused-ring (bicyclic) bond motifs is 1. The maximum Gasteiger partial charge on any atom is 0.365 e. The second kappa shape index (κ2) is 7.66. The number of aromatic amines is 1. The Balaban J connectivity index is 1.29. The van der Waals surface area contributed by atoms with Crippen LogP contribution in [0.2, 0.25) is 10.0 Å². The number of esters is 1. The first-order valence-corrected chi connectivity index (χ1v) is 10.2. The summed E-state index contributed by atoms with van der Waals surface area (Å²) in [6.45, 7) is 3.01. The van der Waals surface area contributed by atoms with E-state index in [2.05, 4.69) is 24.8 Å². The molecule has 0 saturated carbocycles. The van der Waals surface area contributed by atoms with E-state index in [9.17, 15) is 4.79 Å². The predicted octanol–water partition coefficient (Wildman–Crippen LogP) is 3.84. The average molecular weight is 442 g/mol. The number of carbonyl (C=O) groups is 1. The van der Waals surface area contributed by atoms with Gasteiger partial charge in [-0.15, -0.1) is 0 Å². The van der Waals surface area contributed by atoms with Crippen LogP contribution in [0, 0.1) is 0 Å². The first-order chi connectivity index (χ1) is 14.6. The van der Waals surface area contributed by atoms with Gasteiger partial charge >= 0.3 is 5.97 Å². The molecule has 5 rings (SSSR count). The summed E-state index contributed by atoms with van der Waals surface area (Å²) in [7, 11) is 0. The zero-order valence-corrected chi connectivity index (χ0v) is 17.3. The van der Waals surface area contributed by atoms with E-state index < -0.39 is 5.97 Å². The highest BCUT2D eigenvalue weighted by Gasteiger charge is 2.28. The maximum absolute atomic E-state index is 12.3. The fourth-order valence-electron chi connectivity index (χ4n) is 3.51. The van der Waals surface area contributed by atoms with Crippen molar-refractivity contribution in [3.05, 3.63) is 70.0 Å². The number of hydrogen-bond acceptors (Lipinski definition) is 6. The lowest BCUT2D eigenvalue weighted by molar-refractivity contribution is -0.130. The first-order valence-electron chi connectivity index (χ1n) is 9.49. The number of rotatable bonds is 3. The normalized spacial score (nSPS) is 18.3. The number of imidazole rings is 1. The predicted molar refractivity (Wildman–Crippen MR) is 117 cm³/mol. The monoisotopic (exact) mass is 441 g/mol. The Hall–Kier alpha value is -3.03. The van der Waals surface area contributed by atoms with Gasteiger partial charge in [0.1, 0.15) is 0 Å². The van der Waals surface area contributed by atoms with Crippen LogP contribution in [0.25, 0.3) is 11.0 Å². The quantitative estimate of drug-likeness (QED) is 0.493. The molecule has 1 aromatic heterocycles. The summed E-state index contributed by atoms with van der Waals surface area (Å²) in [6, 6.07) is 13.1. The van der Waals surface area contributed by atoms with E-state index in [1.807, 2.05) is 24.3 Å².